The van der Waals surface area contributed by atoms with Crippen molar-refractivity contribution in [2.24, 2.45) is 0 Å². The molecule has 2 aromatic heterocycles. The molecule has 0 unspecified atom stereocenters. The second kappa shape index (κ2) is 11.4. The fraction of sp³-hybridized carbons (Fsp3) is 0.545. The van der Waals surface area contributed by atoms with Crippen LogP contribution in [0.2, 0.25) is 0 Å². The summed E-state index contributed by atoms with van der Waals surface area (Å²) in [6.07, 6.45) is 0. The fourth-order valence-corrected chi connectivity index (χ4v) is 4.14. The van der Waals surface area contributed by atoms with Gasteiger partial charge in [0.25, 0.3) is 0 Å². The molecule has 0 aliphatic carbocycles. The molecule has 0 bridgehead atoms. The van der Waals surface area contributed by atoms with E-state index in [1.54, 1.807) is 0 Å². The predicted octanol–water partition coefficient (Wildman–Crippen LogP) is 2.79. The normalized spacial score (nSPS) is 14.8. The molecule has 3 heterocycles. The van der Waals surface area contributed by atoms with E-state index in [-0.39, 0.29) is 5.91 Å². The van der Waals surface area contributed by atoms with Crippen LogP contribution in [0.3, 0.4) is 0 Å². The van der Waals surface area contributed by atoms with Crippen molar-refractivity contribution in [1.82, 2.24) is 14.8 Å². The average Bonchev–Trinajstić information content (AvgIpc) is 3.15. The molecule has 9 heteroatoms. The van der Waals surface area contributed by atoms with E-state index in [2.05, 4.69) is 38.4 Å². The standard InChI is InChI=1S/C22H34N6O2S/c1-17(29)24-20-7-8-21(28-12-10-27(4)11-13-28)25-22(20)23-9-14-31-16-19-6-5-18(30-19)15-26(2)3/h5-8H,9-16H2,1-4H3,(H,23,25)(H,24,29). The molecule has 0 spiro atoms. The Morgan fingerprint density at radius 1 is 1.16 bits per heavy atom. The number of hydrogen-bond donors (Lipinski definition) is 2. The SMILES string of the molecule is CC(=O)Nc1ccc(N2CCN(C)CC2)nc1NCCSCc1ccc(CN(C)C)o1. The van der Waals surface area contributed by atoms with Crippen molar-refractivity contribution in [3.63, 3.8) is 0 Å². The molecule has 1 amide bonds. The third kappa shape index (κ3) is 7.45. The minimum atomic E-state index is -0.0991. The Bertz CT molecular complexity index is 848. The number of pyridine rings is 1. The quantitative estimate of drug-likeness (QED) is 0.540. The van der Waals surface area contributed by atoms with E-state index in [0.717, 1.165) is 79.6 Å². The van der Waals surface area contributed by atoms with Gasteiger partial charge in [-0.25, -0.2) is 4.98 Å². The van der Waals surface area contributed by atoms with E-state index in [1.165, 1.54) is 6.92 Å². The van der Waals surface area contributed by atoms with Crippen LogP contribution < -0.4 is 15.5 Å². The van der Waals surface area contributed by atoms with Crippen LogP contribution in [-0.4, -0.2) is 80.3 Å². The molecule has 3 rings (SSSR count). The minimum absolute atomic E-state index is 0.0991. The van der Waals surface area contributed by atoms with Gasteiger partial charge in [0.2, 0.25) is 5.91 Å². The fourth-order valence-electron chi connectivity index (χ4n) is 3.40. The molecule has 0 radical (unpaired) electrons. The van der Waals surface area contributed by atoms with Crippen molar-refractivity contribution >= 4 is 35.0 Å². The highest BCUT2D eigenvalue weighted by Gasteiger charge is 2.17. The Kier molecular flexibility index (Phi) is 8.62. The van der Waals surface area contributed by atoms with Gasteiger partial charge in [0.1, 0.15) is 17.3 Å². The van der Waals surface area contributed by atoms with Gasteiger partial charge < -0.3 is 29.8 Å². The molecule has 1 fully saturated rings. The zero-order valence-corrected chi connectivity index (χ0v) is 19.8. The number of likely N-dealkylation sites (N-methyl/N-ethyl adjacent to an activating group) is 1. The second-order valence-corrected chi connectivity index (χ2v) is 9.23. The first-order valence-electron chi connectivity index (χ1n) is 10.7. The lowest BCUT2D eigenvalue weighted by atomic mass is 10.3. The topological polar surface area (TPSA) is 76.9 Å². The van der Waals surface area contributed by atoms with Gasteiger partial charge in [0, 0.05) is 45.4 Å². The molecular weight excluding hydrogens is 412 g/mol. The van der Waals surface area contributed by atoms with E-state index in [9.17, 15) is 4.79 Å². The number of thioether (sulfide) groups is 1. The number of piperazine rings is 1. The number of hydrogen-bond acceptors (Lipinski definition) is 8. The molecule has 2 aromatic rings. The number of furan rings is 1. The minimum Gasteiger partial charge on any atom is -0.464 e. The third-order valence-corrected chi connectivity index (χ3v) is 5.97. The van der Waals surface area contributed by atoms with Crippen LogP contribution in [0.4, 0.5) is 17.3 Å². The largest absolute Gasteiger partial charge is 0.464 e. The van der Waals surface area contributed by atoms with Crippen LogP contribution in [0.1, 0.15) is 18.4 Å². The lowest BCUT2D eigenvalue weighted by Gasteiger charge is -2.33. The number of anilines is 3. The van der Waals surface area contributed by atoms with Crippen molar-refractivity contribution in [3.05, 3.63) is 35.8 Å². The van der Waals surface area contributed by atoms with E-state index >= 15 is 0 Å². The first kappa shape index (κ1) is 23.4. The van der Waals surface area contributed by atoms with Crippen molar-refractivity contribution in [2.45, 2.75) is 19.2 Å². The van der Waals surface area contributed by atoms with Gasteiger partial charge >= 0.3 is 0 Å². The molecule has 170 valence electrons. The maximum Gasteiger partial charge on any atom is 0.221 e. The van der Waals surface area contributed by atoms with Gasteiger partial charge in [-0.15, -0.1) is 0 Å². The van der Waals surface area contributed by atoms with Crippen LogP contribution in [0.15, 0.2) is 28.7 Å². The molecule has 31 heavy (non-hydrogen) atoms. The predicted molar refractivity (Wildman–Crippen MR) is 129 cm³/mol. The Morgan fingerprint density at radius 2 is 1.90 bits per heavy atom. The average molecular weight is 447 g/mol. The Labute approximate surface area is 189 Å². The zero-order chi connectivity index (χ0) is 22.2. The van der Waals surface area contributed by atoms with Gasteiger partial charge in [-0.2, -0.15) is 11.8 Å². The Balaban J connectivity index is 1.53. The van der Waals surface area contributed by atoms with Gasteiger partial charge in [0.05, 0.1) is 18.0 Å². The number of aromatic nitrogens is 1. The lowest BCUT2D eigenvalue weighted by molar-refractivity contribution is -0.114. The van der Waals surface area contributed by atoms with E-state index < -0.39 is 0 Å². The van der Waals surface area contributed by atoms with E-state index in [1.807, 2.05) is 44.1 Å². The molecule has 0 atom stereocenters. The van der Waals surface area contributed by atoms with Crippen LogP contribution in [0.5, 0.6) is 0 Å². The Morgan fingerprint density at radius 3 is 2.61 bits per heavy atom. The highest BCUT2D eigenvalue weighted by atomic mass is 32.2. The van der Waals surface area contributed by atoms with E-state index in [0.29, 0.717) is 0 Å². The van der Waals surface area contributed by atoms with Crippen LogP contribution in [-0.2, 0) is 17.1 Å². The van der Waals surface area contributed by atoms with Crippen molar-refractivity contribution in [2.75, 3.05) is 75.2 Å². The number of carbonyl (C=O) groups is 1. The monoisotopic (exact) mass is 446 g/mol. The third-order valence-electron chi connectivity index (χ3n) is 4.99. The molecule has 8 nitrogen and oxygen atoms in total. The molecule has 0 saturated carbocycles. The summed E-state index contributed by atoms with van der Waals surface area (Å²) in [5.41, 5.74) is 0.717. The summed E-state index contributed by atoms with van der Waals surface area (Å²) in [5, 5.41) is 6.28. The second-order valence-electron chi connectivity index (χ2n) is 8.12. The molecule has 0 aromatic carbocycles. The van der Waals surface area contributed by atoms with Crippen molar-refractivity contribution in [3.8, 4) is 0 Å². The maximum atomic E-state index is 11.6. The zero-order valence-electron chi connectivity index (χ0n) is 19.0. The number of nitrogens with one attached hydrogen (secondary N) is 2. The van der Waals surface area contributed by atoms with Crippen molar-refractivity contribution in [1.29, 1.82) is 0 Å². The van der Waals surface area contributed by atoms with Crippen LogP contribution >= 0.6 is 11.8 Å². The van der Waals surface area contributed by atoms with E-state index in [4.69, 9.17) is 9.40 Å². The van der Waals surface area contributed by atoms with Gasteiger partial charge in [-0.3, -0.25) is 4.79 Å². The van der Waals surface area contributed by atoms with Crippen LogP contribution in [0.25, 0.3) is 0 Å². The highest BCUT2D eigenvalue weighted by Crippen LogP contribution is 2.25. The summed E-state index contributed by atoms with van der Waals surface area (Å²) in [6.45, 7) is 7.04. The summed E-state index contributed by atoms with van der Waals surface area (Å²) in [4.78, 5) is 23.1. The van der Waals surface area contributed by atoms with Gasteiger partial charge in [-0.1, -0.05) is 0 Å². The molecular formula is C22H34N6O2S. The summed E-state index contributed by atoms with van der Waals surface area (Å²) in [6, 6.07) is 8.02. The first-order valence-corrected chi connectivity index (χ1v) is 11.8. The molecule has 1 saturated heterocycles. The Hall–Kier alpha value is -2.23. The summed E-state index contributed by atoms with van der Waals surface area (Å²) >= 11 is 1.81. The molecule has 2 N–H and O–H groups in total. The number of carbonyl (C=O) groups excluding carboxylic acids is 1. The first-order chi connectivity index (χ1) is 14.9. The summed E-state index contributed by atoms with van der Waals surface area (Å²) in [7, 11) is 6.20. The van der Waals surface area contributed by atoms with Gasteiger partial charge in [0.15, 0.2) is 5.82 Å². The smallest absolute Gasteiger partial charge is 0.221 e. The molecule has 1 aliphatic rings. The van der Waals surface area contributed by atoms with Gasteiger partial charge in [-0.05, 0) is 45.4 Å². The summed E-state index contributed by atoms with van der Waals surface area (Å²) < 4.78 is 5.86. The van der Waals surface area contributed by atoms with Crippen molar-refractivity contribution < 1.29 is 9.21 Å². The highest BCUT2D eigenvalue weighted by molar-refractivity contribution is 7.98. The molecule has 1 aliphatic heterocycles. The van der Waals surface area contributed by atoms with Crippen LogP contribution in [0, 0.1) is 0 Å². The number of amides is 1. The maximum absolute atomic E-state index is 11.6. The lowest BCUT2D eigenvalue weighted by Crippen LogP contribution is -2.44. The summed E-state index contributed by atoms with van der Waals surface area (Å²) in [5.74, 6) is 5.30. The number of rotatable bonds is 10. The number of nitrogens with zero attached hydrogens (tertiary/aromatic N) is 4.